The highest BCUT2D eigenvalue weighted by Gasteiger charge is 2.44. The lowest BCUT2D eigenvalue weighted by Crippen LogP contribution is -2.67. The molecule has 3 nitrogen and oxygen atoms in total. The highest BCUT2D eigenvalue weighted by atomic mass is 79.9. The van der Waals surface area contributed by atoms with Crippen LogP contribution in [0.15, 0.2) is 47.1 Å². The highest BCUT2D eigenvalue weighted by molar-refractivity contribution is 9.10. The lowest BCUT2D eigenvalue weighted by Gasteiger charge is -2.56. The Balaban J connectivity index is 1.35. The molecule has 0 amide bonds. The Morgan fingerprint density at radius 2 is 1.96 bits per heavy atom. The first-order valence-electron chi connectivity index (χ1n) is 8.00. The first kappa shape index (κ1) is 15.2. The standard InChI is InChI=1S/C18H19BrFN3/c19-14-4-5-16(21-8-14)10-22-11-17-7-18(12-22)23(17)9-13-2-1-3-15(20)6-13/h1-6,8,17-18H,7,9-12H2. The number of nitrogens with zero attached hydrogens (tertiary/aromatic N) is 3. The molecule has 2 unspecified atom stereocenters. The molecule has 5 rings (SSSR count). The van der Waals surface area contributed by atoms with E-state index in [1.165, 1.54) is 12.5 Å². The fraction of sp³-hybridized carbons (Fsp3) is 0.389. The summed E-state index contributed by atoms with van der Waals surface area (Å²) in [5.74, 6) is -0.142. The van der Waals surface area contributed by atoms with Crippen LogP contribution < -0.4 is 0 Å². The molecule has 0 saturated carbocycles. The minimum absolute atomic E-state index is 0.142. The van der Waals surface area contributed by atoms with Crippen LogP contribution >= 0.6 is 15.9 Å². The summed E-state index contributed by atoms with van der Waals surface area (Å²) >= 11 is 3.42. The molecule has 2 atom stereocenters. The number of pyridine rings is 1. The molecule has 23 heavy (non-hydrogen) atoms. The van der Waals surface area contributed by atoms with Gasteiger partial charge in [-0.05, 0) is 52.2 Å². The molecule has 5 heteroatoms. The van der Waals surface area contributed by atoms with Crippen LogP contribution in [0.2, 0.25) is 0 Å². The van der Waals surface area contributed by atoms with Gasteiger partial charge in [-0.3, -0.25) is 14.8 Å². The fourth-order valence-electron chi connectivity index (χ4n) is 3.74. The molecule has 1 aromatic heterocycles. The minimum atomic E-state index is -0.142. The van der Waals surface area contributed by atoms with Gasteiger partial charge < -0.3 is 0 Å². The van der Waals surface area contributed by atoms with Gasteiger partial charge in [0.1, 0.15) is 5.82 Å². The molecule has 1 aromatic carbocycles. The van der Waals surface area contributed by atoms with E-state index >= 15 is 0 Å². The Bertz CT molecular complexity index is 679. The Morgan fingerprint density at radius 1 is 1.13 bits per heavy atom. The van der Waals surface area contributed by atoms with E-state index in [1.54, 1.807) is 12.1 Å². The molecule has 2 bridgehead atoms. The monoisotopic (exact) mass is 375 g/mol. The SMILES string of the molecule is Fc1cccc(CN2C3CC2CN(Cc2ccc(Br)cn2)C3)c1. The second-order valence-corrected chi connectivity index (χ2v) is 7.42. The third-order valence-corrected chi connectivity index (χ3v) is 5.32. The third-order valence-electron chi connectivity index (χ3n) is 4.85. The zero-order valence-electron chi connectivity index (χ0n) is 12.8. The van der Waals surface area contributed by atoms with Gasteiger partial charge in [0.2, 0.25) is 0 Å². The van der Waals surface area contributed by atoms with Gasteiger partial charge in [-0.1, -0.05) is 12.1 Å². The van der Waals surface area contributed by atoms with Crippen molar-refractivity contribution in [2.45, 2.75) is 31.6 Å². The predicted octanol–water partition coefficient (Wildman–Crippen LogP) is 3.44. The molecule has 0 radical (unpaired) electrons. The molecule has 4 heterocycles. The minimum Gasteiger partial charge on any atom is -0.294 e. The van der Waals surface area contributed by atoms with Gasteiger partial charge in [0.25, 0.3) is 0 Å². The van der Waals surface area contributed by atoms with Crippen molar-refractivity contribution in [3.8, 4) is 0 Å². The van der Waals surface area contributed by atoms with Crippen molar-refractivity contribution in [2.75, 3.05) is 13.1 Å². The van der Waals surface area contributed by atoms with Gasteiger partial charge in [-0.2, -0.15) is 0 Å². The summed E-state index contributed by atoms with van der Waals surface area (Å²) in [6.07, 6.45) is 3.12. The number of piperidine rings is 1. The van der Waals surface area contributed by atoms with Crippen molar-refractivity contribution in [3.63, 3.8) is 0 Å². The average molecular weight is 376 g/mol. The zero-order valence-corrected chi connectivity index (χ0v) is 14.4. The average Bonchev–Trinajstić information content (AvgIpc) is 2.55. The van der Waals surface area contributed by atoms with E-state index in [4.69, 9.17) is 0 Å². The number of hydrogen-bond donors (Lipinski definition) is 0. The molecule has 3 fully saturated rings. The van der Waals surface area contributed by atoms with E-state index in [-0.39, 0.29) is 5.82 Å². The maximum absolute atomic E-state index is 13.3. The maximum atomic E-state index is 13.3. The van der Waals surface area contributed by atoms with Crippen LogP contribution in [0, 0.1) is 5.82 Å². The van der Waals surface area contributed by atoms with E-state index in [2.05, 4.69) is 36.8 Å². The van der Waals surface area contributed by atoms with Crippen molar-refractivity contribution in [1.82, 2.24) is 14.8 Å². The molecule has 120 valence electrons. The Hall–Kier alpha value is -1.30. The summed E-state index contributed by atoms with van der Waals surface area (Å²) in [4.78, 5) is 9.46. The molecule has 2 aromatic rings. The van der Waals surface area contributed by atoms with Gasteiger partial charge in [0.05, 0.1) is 5.69 Å². The van der Waals surface area contributed by atoms with Crippen molar-refractivity contribution in [1.29, 1.82) is 0 Å². The van der Waals surface area contributed by atoms with Crippen LogP contribution in [0.4, 0.5) is 4.39 Å². The Morgan fingerprint density at radius 3 is 2.65 bits per heavy atom. The summed E-state index contributed by atoms with van der Waals surface area (Å²) in [5.41, 5.74) is 2.19. The molecular weight excluding hydrogens is 357 g/mol. The molecule has 0 aliphatic carbocycles. The molecule has 3 saturated heterocycles. The van der Waals surface area contributed by atoms with Crippen molar-refractivity contribution >= 4 is 15.9 Å². The van der Waals surface area contributed by atoms with Gasteiger partial charge in [-0.25, -0.2) is 4.39 Å². The maximum Gasteiger partial charge on any atom is 0.123 e. The zero-order chi connectivity index (χ0) is 15.8. The van der Waals surface area contributed by atoms with E-state index < -0.39 is 0 Å². The van der Waals surface area contributed by atoms with E-state index in [0.29, 0.717) is 12.1 Å². The Labute approximate surface area is 144 Å². The number of halogens is 2. The van der Waals surface area contributed by atoms with Crippen LogP contribution in [-0.4, -0.2) is 40.0 Å². The Kier molecular flexibility index (Phi) is 4.18. The van der Waals surface area contributed by atoms with Gasteiger partial charge in [0.15, 0.2) is 0 Å². The lowest BCUT2D eigenvalue weighted by atomic mass is 9.86. The first-order valence-corrected chi connectivity index (χ1v) is 8.79. The van der Waals surface area contributed by atoms with E-state index in [1.807, 2.05) is 18.3 Å². The largest absolute Gasteiger partial charge is 0.294 e. The van der Waals surface area contributed by atoms with E-state index in [0.717, 1.165) is 41.9 Å². The molecule has 3 aliphatic rings. The summed E-state index contributed by atoms with van der Waals surface area (Å²) < 4.78 is 14.3. The molecule has 0 spiro atoms. The van der Waals surface area contributed by atoms with Crippen molar-refractivity contribution < 1.29 is 4.39 Å². The number of benzene rings is 1. The number of rotatable bonds is 4. The fourth-order valence-corrected chi connectivity index (χ4v) is 3.97. The molecule has 0 N–H and O–H groups in total. The van der Waals surface area contributed by atoms with Crippen LogP contribution in [0.25, 0.3) is 0 Å². The third kappa shape index (κ3) is 3.32. The van der Waals surface area contributed by atoms with Gasteiger partial charge >= 0.3 is 0 Å². The van der Waals surface area contributed by atoms with Gasteiger partial charge in [0, 0.05) is 48.9 Å². The van der Waals surface area contributed by atoms with Crippen LogP contribution in [0.5, 0.6) is 0 Å². The number of aromatic nitrogens is 1. The first-order chi connectivity index (χ1) is 11.2. The number of fused-ring (bicyclic) bond motifs is 2. The number of piperazine rings is 1. The summed E-state index contributed by atoms with van der Waals surface area (Å²) in [7, 11) is 0. The van der Waals surface area contributed by atoms with Crippen LogP contribution in [-0.2, 0) is 13.1 Å². The van der Waals surface area contributed by atoms with Crippen molar-refractivity contribution in [2.24, 2.45) is 0 Å². The van der Waals surface area contributed by atoms with Crippen molar-refractivity contribution in [3.05, 3.63) is 64.1 Å². The second kappa shape index (κ2) is 6.30. The highest BCUT2D eigenvalue weighted by Crippen LogP contribution is 2.34. The van der Waals surface area contributed by atoms with Crippen LogP contribution in [0.3, 0.4) is 0 Å². The quantitative estimate of drug-likeness (QED) is 0.815. The smallest absolute Gasteiger partial charge is 0.123 e. The predicted molar refractivity (Wildman–Crippen MR) is 91.4 cm³/mol. The van der Waals surface area contributed by atoms with E-state index in [9.17, 15) is 4.39 Å². The second-order valence-electron chi connectivity index (χ2n) is 6.51. The topological polar surface area (TPSA) is 19.4 Å². The summed E-state index contributed by atoms with van der Waals surface area (Å²) in [6, 6.07) is 12.3. The molecule has 3 aliphatic heterocycles. The molecular formula is C18H19BrFN3. The summed E-state index contributed by atoms with van der Waals surface area (Å²) in [6.45, 7) is 3.92. The summed E-state index contributed by atoms with van der Waals surface area (Å²) in [5, 5.41) is 0. The lowest BCUT2D eigenvalue weighted by molar-refractivity contribution is -0.0777. The van der Waals surface area contributed by atoms with Gasteiger partial charge in [-0.15, -0.1) is 0 Å². The normalized spacial score (nSPS) is 24.4. The number of hydrogen-bond acceptors (Lipinski definition) is 3. The van der Waals surface area contributed by atoms with Crippen LogP contribution in [0.1, 0.15) is 17.7 Å².